The number of carbonyl (C=O) groups excluding carboxylic acids is 1. The molecule has 1 N–H and O–H groups in total. The van der Waals surface area contributed by atoms with Crippen molar-refractivity contribution in [1.82, 2.24) is 4.90 Å². The molecule has 0 saturated carbocycles. The van der Waals surface area contributed by atoms with Crippen molar-refractivity contribution in [1.29, 1.82) is 0 Å². The lowest BCUT2D eigenvalue weighted by atomic mass is 9.89. The molecule has 0 atom stereocenters. The summed E-state index contributed by atoms with van der Waals surface area (Å²) in [7, 11) is 1.71. The van der Waals surface area contributed by atoms with Crippen LogP contribution in [0.25, 0.3) is 0 Å². The minimum atomic E-state index is -0.0646. The maximum Gasteiger partial charge on any atom is 0.321 e. The smallest absolute Gasteiger partial charge is 0.321 e. The second-order valence-electron chi connectivity index (χ2n) is 7.37. The molecule has 2 amide bonds. The van der Waals surface area contributed by atoms with E-state index in [-0.39, 0.29) is 6.03 Å². The molecule has 1 fully saturated rings. The topological polar surface area (TPSA) is 50.8 Å². The molecule has 3 aromatic carbocycles. The Balaban J connectivity index is 1.30. The fourth-order valence-corrected chi connectivity index (χ4v) is 3.83. The molecule has 0 aliphatic carbocycles. The van der Waals surface area contributed by atoms with Crippen LogP contribution >= 0.6 is 0 Å². The number of anilines is 1. The summed E-state index contributed by atoms with van der Waals surface area (Å²) in [6, 6.07) is 25.1. The predicted molar refractivity (Wildman–Crippen MR) is 119 cm³/mol. The van der Waals surface area contributed by atoms with Gasteiger partial charge in [0.15, 0.2) is 0 Å². The molecule has 1 saturated heterocycles. The van der Waals surface area contributed by atoms with E-state index in [2.05, 4.69) is 11.4 Å². The Morgan fingerprint density at radius 3 is 2.20 bits per heavy atom. The van der Waals surface area contributed by atoms with Crippen LogP contribution in [0.5, 0.6) is 17.2 Å². The lowest BCUT2D eigenvalue weighted by molar-refractivity contribution is 0.194. The molecule has 154 valence electrons. The first-order valence-electron chi connectivity index (χ1n) is 10.2. The second kappa shape index (κ2) is 9.35. The van der Waals surface area contributed by atoms with E-state index in [4.69, 9.17) is 9.47 Å². The molecule has 5 heteroatoms. The van der Waals surface area contributed by atoms with Gasteiger partial charge in [0.25, 0.3) is 0 Å². The summed E-state index contributed by atoms with van der Waals surface area (Å²) < 4.78 is 11.3. The van der Waals surface area contributed by atoms with Crippen molar-refractivity contribution < 1.29 is 14.3 Å². The van der Waals surface area contributed by atoms with Crippen LogP contribution in [0.3, 0.4) is 0 Å². The van der Waals surface area contributed by atoms with Crippen LogP contribution in [0.1, 0.15) is 24.3 Å². The van der Waals surface area contributed by atoms with Gasteiger partial charge in [-0.15, -0.1) is 0 Å². The summed E-state index contributed by atoms with van der Waals surface area (Å²) in [4.78, 5) is 14.5. The zero-order chi connectivity index (χ0) is 20.8. The highest BCUT2D eigenvalue weighted by Gasteiger charge is 2.25. The fraction of sp³-hybridized carbons (Fsp3) is 0.240. The Bertz CT molecular complexity index is 965. The van der Waals surface area contributed by atoms with Crippen LogP contribution in [0.15, 0.2) is 78.9 Å². The van der Waals surface area contributed by atoms with Gasteiger partial charge in [-0.3, -0.25) is 0 Å². The number of urea groups is 1. The van der Waals surface area contributed by atoms with Crippen molar-refractivity contribution >= 4 is 11.7 Å². The second-order valence-corrected chi connectivity index (χ2v) is 7.37. The van der Waals surface area contributed by atoms with Gasteiger partial charge >= 0.3 is 6.03 Å². The summed E-state index contributed by atoms with van der Waals surface area (Å²) in [6.07, 6.45) is 1.86. The molecule has 0 aromatic heterocycles. The molecule has 0 bridgehead atoms. The van der Waals surface area contributed by atoms with E-state index in [0.717, 1.165) is 48.9 Å². The van der Waals surface area contributed by atoms with Gasteiger partial charge < -0.3 is 19.7 Å². The molecular formula is C25H26N2O3. The number of rotatable bonds is 5. The summed E-state index contributed by atoms with van der Waals surface area (Å²) in [6.45, 7) is 1.45. The number of piperidine rings is 1. The largest absolute Gasteiger partial charge is 0.496 e. The molecule has 0 spiro atoms. The molecular weight excluding hydrogens is 376 g/mol. The van der Waals surface area contributed by atoms with Gasteiger partial charge in [0.1, 0.15) is 17.2 Å². The third-order valence-corrected chi connectivity index (χ3v) is 5.45. The number of nitrogens with one attached hydrogen (secondary N) is 1. The molecule has 4 rings (SSSR count). The zero-order valence-electron chi connectivity index (χ0n) is 17.1. The Hall–Kier alpha value is -3.47. The van der Waals surface area contributed by atoms with Crippen LogP contribution < -0.4 is 14.8 Å². The summed E-state index contributed by atoms with van der Waals surface area (Å²) in [5, 5.41) is 2.99. The van der Waals surface area contributed by atoms with Gasteiger partial charge in [0, 0.05) is 18.8 Å². The highest BCUT2D eigenvalue weighted by Crippen LogP contribution is 2.34. The number of carbonyl (C=O) groups is 1. The number of amides is 2. The lowest BCUT2D eigenvalue weighted by Gasteiger charge is -2.32. The number of hydrogen-bond acceptors (Lipinski definition) is 3. The standard InChI is InChI=1S/C25H26N2O3/c1-29-24-10-6-5-9-23(24)19-15-17-27(18-16-19)25(28)26-20-11-13-22(14-12-20)30-21-7-3-2-4-8-21/h2-14,19H,15-18H2,1H3,(H,26,28). The fourth-order valence-electron chi connectivity index (χ4n) is 3.83. The van der Waals surface area contributed by atoms with Crippen LogP contribution in [0.4, 0.5) is 10.5 Å². The van der Waals surface area contributed by atoms with Crippen molar-refractivity contribution in [2.45, 2.75) is 18.8 Å². The van der Waals surface area contributed by atoms with Crippen molar-refractivity contribution in [2.75, 3.05) is 25.5 Å². The normalized spacial score (nSPS) is 14.2. The third-order valence-electron chi connectivity index (χ3n) is 5.45. The van der Waals surface area contributed by atoms with E-state index < -0.39 is 0 Å². The van der Waals surface area contributed by atoms with Crippen LogP contribution in [-0.2, 0) is 0 Å². The molecule has 30 heavy (non-hydrogen) atoms. The van der Waals surface area contributed by atoms with E-state index in [1.54, 1.807) is 7.11 Å². The van der Waals surface area contributed by atoms with Crippen LogP contribution in [0, 0.1) is 0 Å². The van der Waals surface area contributed by atoms with Crippen LogP contribution in [0.2, 0.25) is 0 Å². The average molecular weight is 402 g/mol. The number of likely N-dealkylation sites (tertiary alicyclic amines) is 1. The van der Waals surface area contributed by atoms with Gasteiger partial charge in [-0.25, -0.2) is 4.79 Å². The molecule has 0 radical (unpaired) electrons. The number of benzene rings is 3. The summed E-state index contributed by atoms with van der Waals surface area (Å²) in [5.74, 6) is 2.86. The Labute approximate surface area is 177 Å². The molecule has 1 aliphatic rings. The van der Waals surface area contributed by atoms with Crippen molar-refractivity contribution in [3.63, 3.8) is 0 Å². The van der Waals surface area contributed by atoms with E-state index in [1.807, 2.05) is 77.7 Å². The van der Waals surface area contributed by atoms with Gasteiger partial charge in [0.2, 0.25) is 0 Å². The highest BCUT2D eigenvalue weighted by atomic mass is 16.5. The highest BCUT2D eigenvalue weighted by molar-refractivity contribution is 5.89. The third kappa shape index (κ3) is 4.74. The molecule has 3 aromatic rings. The Morgan fingerprint density at radius 1 is 0.867 bits per heavy atom. The number of hydrogen-bond donors (Lipinski definition) is 1. The van der Waals surface area contributed by atoms with E-state index >= 15 is 0 Å². The number of nitrogens with zero attached hydrogens (tertiary/aromatic N) is 1. The Kier molecular flexibility index (Phi) is 6.18. The summed E-state index contributed by atoms with van der Waals surface area (Å²) in [5.41, 5.74) is 1.99. The summed E-state index contributed by atoms with van der Waals surface area (Å²) >= 11 is 0. The quantitative estimate of drug-likeness (QED) is 0.578. The average Bonchev–Trinajstić information content (AvgIpc) is 2.81. The first-order valence-corrected chi connectivity index (χ1v) is 10.2. The molecule has 0 unspecified atom stereocenters. The Morgan fingerprint density at radius 2 is 1.50 bits per heavy atom. The van der Waals surface area contributed by atoms with Crippen molar-refractivity contribution in [3.8, 4) is 17.2 Å². The first-order chi connectivity index (χ1) is 14.7. The number of para-hydroxylation sites is 2. The van der Waals surface area contributed by atoms with Crippen molar-refractivity contribution in [2.24, 2.45) is 0 Å². The predicted octanol–water partition coefficient (Wildman–Crippen LogP) is 5.90. The first kappa shape index (κ1) is 19.8. The maximum absolute atomic E-state index is 12.7. The number of ether oxygens (including phenoxy) is 2. The van der Waals surface area contributed by atoms with Gasteiger partial charge in [-0.2, -0.15) is 0 Å². The molecule has 1 heterocycles. The number of methoxy groups -OCH3 is 1. The molecule has 1 aliphatic heterocycles. The van der Waals surface area contributed by atoms with E-state index in [9.17, 15) is 4.79 Å². The van der Waals surface area contributed by atoms with Gasteiger partial charge in [0.05, 0.1) is 7.11 Å². The lowest BCUT2D eigenvalue weighted by Crippen LogP contribution is -2.40. The molecule has 5 nitrogen and oxygen atoms in total. The SMILES string of the molecule is COc1ccccc1C1CCN(C(=O)Nc2ccc(Oc3ccccc3)cc2)CC1. The van der Waals surface area contributed by atoms with Crippen molar-refractivity contribution in [3.05, 3.63) is 84.4 Å². The monoisotopic (exact) mass is 402 g/mol. The maximum atomic E-state index is 12.7. The minimum absolute atomic E-state index is 0.0646. The zero-order valence-corrected chi connectivity index (χ0v) is 17.1. The van der Waals surface area contributed by atoms with Gasteiger partial charge in [-0.05, 0) is 66.8 Å². The minimum Gasteiger partial charge on any atom is -0.496 e. The van der Waals surface area contributed by atoms with Crippen LogP contribution in [-0.4, -0.2) is 31.1 Å². The van der Waals surface area contributed by atoms with E-state index in [1.165, 1.54) is 5.56 Å². The van der Waals surface area contributed by atoms with Gasteiger partial charge in [-0.1, -0.05) is 36.4 Å². The van der Waals surface area contributed by atoms with E-state index in [0.29, 0.717) is 5.92 Å².